The summed E-state index contributed by atoms with van der Waals surface area (Å²) in [7, 11) is 0. The van der Waals surface area contributed by atoms with Crippen molar-refractivity contribution in [3.63, 3.8) is 0 Å². The summed E-state index contributed by atoms with van der Waals surface area (Å²) in [5.41, 5.74) is 0. The van der Waals surface area contributed by atoms with Gasteiger partial charge in [-0.3, -0.25) is 0 Å². The van der Waals surface area contributed by atoms with Gasteiger partial charge in [0.2, 0.25) is 0 Å². The second-order valence-corrected chi connectivity index (χ2v) is 2.82. The topological polar surface area (TPSA) is 35.2 Å². The molecule has 0 saturated carbocycles. The zero-order valence-electron chi connectivity index (χ0n) is 4.95. The van der Waals surface area contributed by atoms with Crippen LogP contribution >= 0.6 is 0 Å². The number of hydrogen-bond donors (Lipinski definition) is 1. The molecule has 0 atom stereocenters. The first-order chi connectivity index (χ1) is 4.43. The van der Waals surface area contributed by atoms with Crippen LogP contribution in [0, 0.1) is 0 Å². The Morgan fingerprint density at radius 3 is 2.44 bits per heavy atom. The van der Waals surface area contributed by atoms with Crippen molar-refractivity contribution < 1.29 is 32.1 Å². The Bertz CT molecular complexity index is 166. The summed E-state index contributed by atoms with van der Waals surface area (Å²) < 4.78 is 10.5. The van der Waals surface area contributed by atoms with Crippen LogP contribution in [0.5, 0.6) is 5.75 Å². The van der Waals surface area contributed by atoms with E-state index in [9.17, 15) is 0 Å². The van der Waals surface area contributed by atoms with E-state index in [1.165, 1.54) is 0 Å². The van der Waals surface area contributed by atoms with Gasteiger partial charge in [-0.1, -0.05) is 0 Å². The van der Waals surface area contributed by atoms with Gasteiger partial charge in [-0.25, -0.2) is 0 Å². The van der Waals surface area contributed by atoms with E-state index >= 15 is 0 Å². The van der Waals surface area contributed by atoms with Gasteiger partial charge < -0.3 is 0 Å². The van der Waals surface area contributed by atoms with Crippen molar-refractivity contribution in [2.75, 3.05) is 0 Å². The Morgan fingerprint density at radius 1 is 1.22 bits per heavy atom. The molecule has 0 aliphatic rings. The molecule has 0 heterocycles. The van der Waals surface area contributed by atoms with E-state index in [4.69, 9.17) is 4.92 Å². The summed E-state index contributed by atoms with van der Waals surface area (Å²) in [4.78, 5) is 0. The number of hydrogen-bond acceptors (Lipinski definition) is 2. The van der Waals surface area contributed by atoms with E-state index in [1.807, 2.05) is 30.3 Å². The normalized spacial score (nSPS) is 8.11. The molecule has 2 nitrogen and oxygen atoms in total. The van der Waals surface area contributed by atoms with E-state index in [0.717, 1.165) is 5.75 Å². The van der Waals surface area contributed by atoms with E-state index in [-0.39, 0.29) is 0 Å². The van der Waals surface area contributed by atoms with Gasteiger partial charge in [0, 0.05) is 0 Å². The van der Waals surface area contributed by atoms with E-state index < -0.39 is 30.0 Å². The van der Waals surface area contributed by atoms with E-state index in [2.05, 4.69) is 0 Å². The third kappa shape index (κ3) is 2.44. The van der Waals surface area contributed by atoms with Gasteiger partial charge in [0.1, 0.15) is 0 Å². The molecule has 0 saturated heterocycles. The molecule has 0 amide bonds. The second-order valence-electron chi connectivity index (χ2n) is 1.57. The third-order valence-electron chi connectivity index (χ3n) is 0.947. The number of benzene rings is 1. The SMILES string of the molecule is [NH2][Y][O]c1ccccc1. The monoisotopic (exact) mass is 198 g/mol. The molecule has 1 rings (SSSR count). The maximum absolute atomic E-state index is 5.33. The molecule has 0 unspecified atom stereocenters. The first-order valence-electron chi connectivity index (χ1n) is 2.68. The Labute approximate surface area is 70.7 Å². The van der Waals surface area contributed by atoms with Crippen LogP contribution in [-0.4, -0.2) is 0 Å². The molecular weight excluding hydrogens is 191 g/mol. The van der Waals surface area contributed by atoms with Crippen LogP contribution < -0.4 is 4.92 Å². The fraction of sp³-hybridized carbons (Fsp3) is 0. The van der Waals surface area contributed by atoms with Crippen LogP contribution in [0.2, 0.25) is 0 Å². The Morgan fingerprint density at radius 2 is 1.89 bits per heavy atom. The van der Waals surface area contributed by atoms with Gasteiger partial charge in [0.05, 0.1) is 0 Å². The molecule has 0 bridgehead atoms. The van der Waals surface area contributed by atoms with Gasteiger partial charge >= 0.3 is 71.0 Å². The summed E-state index contributed by atoms with van der Waals surface area (Å²) in [5, 5.41) is 0. The quantitative estimate of drug-likeness (QED) is 0.767. The molecule has 0 fully saturated rings. The molecule has 2 N–H and O–H groups in total. The maximum atomic E-state index is 5.33. The zero-order chi connectivity index (χ0) is 6.53. The van der Waals surface area contributed by atoms with E-state index in [0.29, 0.717) is 0 Å². The predicted molar refractivity (Wildman–Crippen MR) is 31.3 cm³/mol. The summed E-state index contributed by atoms with van der Waals surface area (Å²) in [5.74, 6) is 0.904. The van der Waals surface area contributed by atoms with Crippen molar-refractivity contribution in [1.82, 2.24) is 0 Å². The standard InChI is InChI=1S/C6H6O.H2N.Y/c7-6-4-2-1-3-5-6;;/h1-5,7H;1H2;/q;-1;+2/p-1. The van der Waals surface area contributed by atoms with Gasteiger partial charge in [0.15, 0.2) is 0 Å². The molecule has 0 aromatic heterocycles. The predicted octanol–water partition coefficient (Wildman–Crippen LogP) is 0.937. The van der Waals surface area contributed by atoms with Gasteiger partial charge in [-0.15, -0.1) is 0 Å². The zero-order valence-corrected chi connectivity index (χ0v) is 7.79. The molecule has 45 valence electrons. The van der Waals surface area contributed by atoms with Crippen molar-refractivity contribution in [3.05, 3.63) is 30.3 Å². The van der Waals surface area contributed by atoms with Crippen molar-refractivity contribution in [1.29, 1.82) is 0 Å². The van der Waals surface area contributed by atoms with Crippen molar-refractivity contribution in [2.45, 2.75) is 0 Å². The van der Waals surface area contributed by atoms with Crippen LogP contribution in [-0.2, 0) is 30.0 Å². The van der Waals surface area contributed by atoms with Crippen LogP contribution in [0.25, 0.3) is 0 Å². The van der Waals surface area contributed by atoms with Crippen LogP contribution in [0.1, 0.15) is 0 Å². The van der Waals surface area contributed by atoms with Gasteiger partial charge in [-0.2, -0.15) is 0 Å². The molecule has 1 aromatic rings. The summed E-state index contributed by atoms with van der Waals surface area (Å²) in [6, 6.07) is 9.66. The summed E-state index contributed by atoms with van der Waals surface area (Å²) in [6.45, 7) is 0. The minimum atomic E-state index is -1.16. The van der Waals surface area contributed by atoms with Gasteiger partial charge in [0.25, 0.3) is 0 Å². The first-order valence-corrected chi connectivity index (χ1v) is 5.48. The molecule has 3 heteroatoms. The summed E-state index contributed by atoms with van der Waals surface area (Å²) >= 11 is -1.16. The summed E-state index contributed by atoms with van der Waals surface area (Å²) in [6.07, 6.45) is 0. The molecule has 9 heavy (non-hydrogen) atoms. The third-order valence-corrected chi connectivity index (χ3v) is 1.95. The average molecular weight is 198 g/mol. The molecule has 0 aliphatic heterocycles. The number of rotatable bonds is 2. The molecule has 0 radical (unpaired) electrons. The first kappa shape index (κ1) is 7.19. The Hall–Kier alpha value is 0.0839. The Balaban J connectivity index is 2.61. The fourth-order valence-electron chi connectivity index (χ4n) is 0.578. The van der Waals surface area contributed by atoms with Crippen molar-refractivity contribution in [2.24, 2.45) is 2.87 Å². The average Bonchev–Trinajstić information content (AvgIpc) is 1.91. The number of para-hydroxylation sites is 1. The fourth-order valence-corrected chi connectivity index (χ4v) is 1.35. The Kier molecular flexibility index (Phi) is 3.19. The number of nitrogens with two attached hydrogens (primary N) is 1. The van der Waals surface area contributed by atoms with Gasteiger partial charge in [-0.05, 0) is 0 Å². The minimum absolute atomic E-state index is 0.904. The molecule has 1 aromatic carbocycles. The van der Waals surface area contributed by atoms with Crippen molar-refractivity contribution in [3.8, 4) is 5.75 Å². The molecule has 0 aliphatic carbocycles. The molecule has 0 spiro atoms. The van der Waals surface area contributed by atoms with Crippen molar-refractivity contribution >= 4 is 0 Å². The second kappa shape index (κ2) is 3.99. The van der Waals surface area contributed by atoms with Crippen LogP contribution in [0.3, 0.4) is 0 Å². The van der Waals surface area contributed by atoms with E-state index in [1.54, 1.807) is 0 Å². The van der Waals surface area contributed by atoms with Crippen LogP contribution in [0.15, 0.2) is 30.3 Å². The molecular formula is C6H7NOY. The van der Waals surface area contributed by atoms with Crippen LogP contribution in [0.4, 0.5) is 0 Å².